The third-order valence-corrected chi connectivity index (χ3v) is 6.25. The molecule has 0 atom stereocenters. The number of alkyl halides is 3. The summed E-state index contributed by atoms with van der Waals surface area (Å²) in [5, 5.41) is 4.24. The van der Waals surface area contributed by atoms with Crippen LogP contribution in [-0.2, 0) is 16.6 Å². The number of rotatable bonds is 6. The molecular weight excluding hydrogens is 580 g/mol. The number of aryl methyl sites for hydroxylation is 1. The van der Waals surface area contributed by atoms with Gasteiger partial charge in [0.1, 0.15) is 18.1 Å². The average molecular weight is 599 g/mol. The van der Waals surface area contributed by atoms with Crippen molar-refractivity contribution in [1.82, 2.24) is 19.9 Å². The lowest BCUT2D eigenvalue weighted by Crippen LogP contribution is -2.34. The number of fused-ring (bicyclic) bond motifs is 1. The number of halogens is 5. The molecule has 0 fully saturated rings. The number of amides is 2. The first-order valence-corrected chi connectivity index (χ1v) is 12.2. The van der Waals surface area contributed by atoms with Gasteiger partial charge in [-0.3, -0.25) is 14.4 Å². The van der Waals surface area contributed by atoms with Crippen molar-refractivity contribution < 1.29 is 31.9 Å². The number of hydrogen-bond donors (Lipinski definition) is 3. The van der Waals surface area contributed by atoms with Crippen molar-refractivity contribution in [3.05, 3.63) is 71.4 Å². The second kappa shape index (κ2) is 11.7. The zero-order chi connectivity index (χ0) is 30.8. The van der Waals surface area contributed by atoms with Crippen LogP contribution in [0.1, 0.15) is 16.1 Å². The molecule has 9 nitrogen and oxygen atoms in total. The average Bonchev–Trinajstić information content (AvgIpc) is 3.25. The highest BCUT2D eigenvalue weighted by Crippen LogP contribution is 2.44. The smallest absolute Gasteiger partial charge is 0.383 e. The lowest BCUT2D eigenvalue weighted by atomic mass is 9.98. The van der Waals surface area contributed by atoms with Crippen LogP contribution in [0.25, 0.3) is 33.3 Å². The fraction of sp³-hybridized carbons (Fsp3) is 0.107. The van der Waals surface area contributed by atoms with Gasteiger partial charge in [-0.15, -0.1) is 0 Å². The summed E-state index contributed by atoms with van der Waals surface area (Å²) in [5.74, 6) is 1.83. The van der Waals surface area contributed by atoms with E-state index in [1.165, 1.54) is 30.6 Å². The van der Waals surface area contributed by atoms with E-state index in [1.54, 1.807) is 29.1 Å². The predicted octanol–water partition coefficient (Wildman–Crippen LogP) is 4.80. The number of pyridine rings is 2. The van der Waals surface area contributed by atoms with Crippen molar-refractivity contribution in [1.29, 1.82) is 0 Å². The maximum absolute atomic E-state index is 13.2. The molecule has 0 aliphatic rings. The van der Waals surface area contributed by atoms with Crippen LogP contribution in [-0.4, -0.2) is 45.4 Å². The Balaban J connectivity index is 1.93. The summed E-state index contributed by atoms with van der Waals surface area (Å²) in [6, 6.07) is 7.64. The van der Waals surface area contributed by atoms with Crippen molar-refractivity contribution in [3.63, 3.8) is 0 Å². The topological polar surface area (TPSA) is 132 Å². The second-order valence-electron chi connectivity index (χ2n) is 8.74. The van der Waals surface area contributed by atoms with Crippen LogP contribution >= 0.6 is 11.6 Å². The zero-order valence-electron chi connectivity index (χ0n) is 21.6. The summed E-state index contributed by atoms with van der Waals surface area (Å²) >= 11 is 6.32. The first-order valence-electron chi connectivity index (χ1n) is 11.8. The molecule has 0 aliphatic carbocycles. The maximum Gasteiger partial charge on any atom is 0.405 e. The Kier molecular flexibility index (Phi) is 8.30. The van der Waals surface area contributed by atoms with Gasteiger partial charge in [0.05, 0.1) is 27.2 Å². The highest BCUT2D eigenvalue weighted by Gasteiger charge is 2.29. The van der Waals surface area contributed by atoms with Crippen LogP contribution in [0.3, 0.4) is 0 Å². The van der Waals surface area contributed by atoms with Crippen LogP contribution in [0.15, 0.2) is 55.1 Å². The van der Waals surface area contributed by atoms with E-state index >= 15 is 0 Å². The molecule has 0 bridgehead atoms. The molecule has 0 spiro atoms. The minimum Gasteiger partial charge on any atom is -0.383 e. The summed E-state index contributed by atoms with van der Waals surface area (Å²) in [6.07, 6.45) is -1.58. The van der Waals surface area contributed by atoms with E-state index in [0.29, 0.717) is 45.1 Å². The van der Waals surface area contributed by atoms with Gasteiger partial charge in [0, 0.05) is 36.3 Å². The molecule has 2 amide bonds. The first-order chi connectivity index (χ1) is 19.8. The molecule has 42 heavy (non-hydrogen) atoms. The molecule has 4 aromatic rings. The molecule has 4 rings (SSSR count). The van der Waals surface area contributed by atoms with Gasteiger partial charge in [0.25, 0.3) is 11.8 Å². The second-order valence-corrected chi connectivity index (χ2v) is 9.15. The van der Waals surface area contributed by atoms with Crippen molar-refractivity contribution in [3.8, 4) is 34.2 Å². The Bertz CT molecular complexity index is 1820. The van der Waals surface area contributed by atoms with E-state index in [1.807, 2.05) is 0 Å². The number of nitrogens with one attached hydrogen (secondary N) is 2. The molecule has 0 aliphatic heterocycles. The Morgan fingerprint density at radius 3 is 2.45 bits per heavy atom. The highest BCUT2D eigenvalue weighted by atomic mass is 35.5. The van der Waals surface area contributed by atoms with Gasteiger partial charge in [-0.25, -0.2) is 14.4 Å². The van der Waals surface area contributed by atoms with Gasteiger partial charge in [-0.05, 0) is 29.7 Å². The van der Waals surface area contributed by atoms with Crippen LogP contribution in [0.4, 0.5) is 29.1 Å². The van der Waals surface area contributed by atoms with Gasteiger partial charge < -0.3 is 20.9 Å². The summed E-state index contributed by atoms with van der Waals surface area (Å²) in [4.78, 5) is 43.2. The zero-order valence-corrected chi connectivity index (χ0v) is 22.3. The van der Waals surface area contributed by atoms with Crippen LogP contribution < -0.4 is 16.4 Å². The van der Waals surface area contributed by atoms with E-state index < -0.39 is 36.1 Å². The highest BCUT2D eigenvalue weighted by molar-refractivity contribution is 6.34. The van der Waals surface area contributed by atoms with E-state index in [9.17, 15) is 31.9 Å². The number of carbonyl (C=O) groups is 3. The van der Waals surface area contributed by atoms with Gasteiger partial charge in [-0.1, -0.05) is 36.2 Å². The number of benzene rings is 1. The van der Waals surface area contributed by atoms with Crippen molar-refractivity contribution >= 4 is 52.1 Å². The van der Waals surface area contributed by atoms with Crippen molar-refractivity contribution in [2.75, 3.05) is 17.6 Å². The first kappa shape index (κ1) is 29.8. The Morgan fingerprint density at radius 2 is 1.86 bits per heavy atom. The fourth-order valence-electron chi connectivity index (χ4n) is 4.24. The Hall–Kier alpha value is -5.22. The van der Waals surface area contributed by atoms with Crippen LogP contribution in [0, 0.1) is 11.8 Å². The molecule has 214 valence electrons. The molecule has 0 radical (unpaired) electrons. The Labute approximate surface area is 240 Å². The number of aromatic nitrogens is 3. The summed E-state index contributed by atoms with van der Waals surface area (Å²) in [5.41, 5.74) is 8.82. The van der Waals surface area contributed by atoms with Crippen molar-refractivity contribution in [2.24, 2.45) is 7.05 Å². The third kappa shape index (κ3) is 6.08. The number of aldehydes is 1. The van der Waals surface area contributed by atoms with Gasteiger partial charge >= 0.3 is 6.18 Å². The third-order valence-electron chi connectivity index (χ3n) is 5.96. The number of nitrogens with zero attached hydrogens (tertiary/aromatic N) is 3. The van der Waals surface area contributed by atoms with Gasteiger partial charge in [0.2, 0.25) is 0 Å². The number of anilines is 2. The number of nitrogens with two attached hydrogens (primary N) is 1. The Morgan fingerprint density at radius 1 is 1.17 bits per heavy atom. The van der Waals surface area contributed by atoms with Gasteiger partial charge in [-0.2, -0.15) is 13.2 Å². The van der Waals surface area contributed by atoms with Crippen LogP contribution in [0.2, 0.25) is 5.02 Å². The number of carbonyl (C=O) groups excluding carboxylic acids is 3. The molecule has 0 saturated heterocycles. The summed E-state index contributed by atoms with van der Waals surface area (Å²) in [7, 11) is 1.70. The molecule has 1 aromatic carbocycles. The molecule has 0 saturated carbocycles. The molecule has 0 unspecified atom stereocenters. The van der Waals surface area contributed by atoms with E-state index in [-0.39, 0.29) is 16.5 Å². The van der Waals surface area contributed by atoms with Crippen molar-refractivity contribution in [2.45, 2.75) is 6.18 Å². The predicted molar refractivity (Wildman–Crippen MR) is 149 cm³/mol. The molecule has 14 heteroatoms. The lowest BCUT2D eigenvalue weighted by Gasteiger charge is -2.12. The summed E-state index contributed by atoms with van der Waals surface area (Å²) < 4.78 is 52.6. The number of hydrogen-bond acceptors (Lipinski definition) is 6. The fourth-order valence-corrected chi connectivity index (χ4v) is 4.49. The van der Waals surface area contributed by atoms with E-state index in [2.05, 4.69) is 33.7 Å². The normalized spacial score (nSPS) is 11.0. The van der Waals surface area contributed by atoms with Gasteiger partial charge in [0.15, 0.2) is 12.1 Å². The number of nitrogen functional groups attached to an aromatic ring is 1. The van der Waals surface area contributed by atoms with E-state index in [0.717, 1.165) is 0 Å². The standard InChI is InChI=1S/C28H19ClF4N6O3/c1-14(30)26(41)38-18-7-5-15(6-8-18)23-20(21-24(39(23)2)16(4-3-9-40)11-36-25(21)34)17-10-19(29)22(35-12-17)27(42)37-13-28(31,32)33/h5-12H,1,13H2,2H3,(H2,34,36)(H,37,42)(H,38,41). The molecule has 4 N–H and O–H groups in total. The lowest BCUT2D eigenvalue weighted by molar-refractivity contribution is -0.123. The largest absolute Gasteiger partial charge is 0.405 e. The SMILES string of the molecule is C=C(F)C(=O)Nc1ccc(-c2c(-c3cnc(C(=O)NCC(F)(F)F)c(Cl)c3)c3c(N)ncc(C#CC=O)c3n2C)cc1. The quantitative estimate of drug-likeness (QED) is 0.126. The molecule has 3 heterocycles. The molecule has 3 aromatic heterocycles. The van der Waals surface area contributed by atoms with Crippen LogP contribution in [0.5, 0.6) is 0 Å². The monoisotopic (exact) mass is 598 g/mol. The van der Waals surface area contributed by atoms with E-state index in [4.69, 9.17) is 17.3 Å². The minimum absolute atomic E-state index is 0.0759. The summed E-state index contributed by atoms with van der Waals surface area (Å²) in [6.45, 7) is 1.39. The minimum atomic E-state index is -4.63. The molecular formula is C28H19ClF4N6O3. The maximum atomic E-state index is 13.2.